The third kappa shape index (κ3) is 3.76. The first kappa shape index (κ1) is 21.9. The minimum Gasteiger partial charge on any atom is -0.496 e. The molecule has 0 spiro atoms. The highest BCUT2D eigenvalue weighted by Gasteiger charge is 2.49. The Bertz CT molecular complexity index is 1280. The van der Waals surface area contributed by atoms with Crippen molar-refractivity contribution in [3.8, 4) is 16.9 Å². The van der Waals surface area contributed by atoms with Gasteiger partial charge in [-0.05, 0) is 78.1 Å². The van der Waals surface area contributed by atoms with Crippen LogP contribution in [0.25, 0.3) is 17.2 Å². The van der Waals surface area contributed by atoms with E-state index in [-0.39, 0.29) is 12.4 Å². The number of rotatable bonds is 5. The Balaban J connectivity index is 1.47. The number of oxime groups is 1. The molecule has 2 aliphatic rings. The number of ether oxygens (including phenoxy) is 1. The number of pyridine rings is 1. The van der Waals surface area contributed by atoms with Gasteiger partial charge in [-0.1, -0.05) is 17.3 Å². The van der Waals surface area contributed by atoms with Gasteiger partial charge in [-0.15, -0.1) is 0 Å². The van der Waals surface area contributed by atoms with Crippen LogP contribution in [0, 0.1) is 5.82 Å². The number of nitrogen functional groups attached to an aromatic ring is 1. The van der Waals surface area contributed by atoms with Gasteiger partial charge in [0.15, 0.2) is 5.84 Å². The van der Waals surface area contributed by atoms with Crippen molar-refractivity contribution in [1.29, 1.82) is 0 Å². The fourth-order valence-corrected chi connectivity index (χ4v) is 4.56. The van der Waals surface area contributed by atoms with Gasteiger partial charge >= 0.3 is 0 Å². The van der Waals surface area contributed by atoms with Crippen molar-refractivity contribution < 1.29 is 19.1 Å². The number of benzene rings is 2. The minimum absolute atomic E-state index is 0.309. The first-order valence-electron chi connectivity index (χ1n) is 11.1. The number of anilines is 1. The smallest absolute Gasteiger partial charge is 0.260 e. The van der Waals surface area contributed by atoms with Gasteiger partial charge in [-0.2, -0.15) is 0 Å². The molecule has 0 saturated carbocycles. The Morgan fingerprint density at radius 2 is 2.03 bits per heavy atom. The average Bonchev–Trinajstić information content (AvgIpc) is 3.25. The van der Waals surface area contributed by atoms with Gasteiger partial charge in [-0.25, -0.2) is 9.37 Å². The summed E-state index contributed by atoms with van der Waals surface area (Å²) in [5.41, 5.74) is 9.12. The molecule has 1 fully saturated rings. The van der Waals surface area contributed by atoms with Gasteiger partial charge < -0.3 is 25.3 Å². The van der Waals surface area contributed by atoms with E-state index in [4.69, 9.17) is 15.3 Å². The van der Waals surface area contributed by atoms with Crippen molar-refractivity contribution in [3.05, 3.63) is 83.3 Å². The van der Waals surface area contributed by atoms with Crippen LogP contribution in [0.5, 0.6) is 5.75 Å². The first-order valence-corrected chi connectivity index (χ1v) is 11.1. The van der Waals surface area contributed by atoms with Gasteiger partial charge in [0.25, 0.3) is 5.72 Å². The van der Waals surface area contributed by atoms with Gasteiger partial charge in [0.05, 0.1) is 7.11 Å². The maximum Gasteiger partial charge on any atom is 0.260 e. The normalized spacial score (nSPS) is 20.6. The summed E-state index contributed by atoms with van der Waals surface area (Å²) in [4.78, 5) is 11.8. The summed E-state index contributed by atoms with van der Waals surface area (Å²) in [5.74, 6) is 1.49. The van der Waals surface area contributed by atoms with Crippen molar-refractivity contribution in [1.82, 2.24) is 9.88 Å². The molecule has 2 aromatic carbocycles. The molecule has 174 valence electrons. The number of amidine groups is 1. The van der Waals surface area contributed by atoms with E-state index in [1.807, 2.05) is 35.2 Å². The molecule has 5 rings (SSSR count). The Labute approximate surface area is 196 Å². The lowest BCUT2D eigenvalue weighted by Crippen LogP contribution is -2.51. The second kappa shape index (κ2) is 8.79. The summed E-state index contributed by atoms with van der Waals surface area (Å²) in [6.07, 6.45) is 5.40. The van der Waals surface area contributed by atoms with Crippen LogP contribution in [0.15, 0.2) is 71.5 Å². The number of aromatic nitrogens is 1. The highest BCUT2D eigenvalue weighted by molar-refractivity contribution is 6.03. The van der Waals surface area contributed by atoms with Crippen molar-refractivity contribution in [2.75, 3.05) is 26.0 Å². The van der Waals surface area contributed by atoms with E-state index in [0.29, 0.717) is 29.5 Å². The average molecular weight is 461 g/mol. The molecule has 7 nitrogen and oxygen atoms in total. The van der Waals surface area contributed by atoms with E-state index >= 15 is 0 Å². The van der Waals surface area contributed by atoms with Crippen LogP contribution >= 0.6 is 0 Å². The second-order valence-electron chi connectivity index (χ2n) is 8.31. The van der Waals surface area contributed by atoms with Crippen LogP contribution < -0.4 is 10.5 Å². The zero-order valence-corrected chi connectivity index (χ0v) is 18.7. The first-order chi connectivity index (χ1) is 16.5. The van der Waals surface area contributed by atoms with E-state index in [9.17, 15) is 9.50 Å². The van der Waals surface area contributed by atoms with E-state index in [2.05, 4.69) is 16.2 Å². The highest BCUT2D eigenvalue weighted by atomic mass is 19.1. The van der Waals surface area contributed by atoms with E-state index in [0.717, 1.165) is 35.1 Å². The number of halogens is 1. The van der Waals surface area contributed by atoms with Crippen LogP contribution in [-0.4, -0.2) is 41.1 Å². The van der Waals surface area contributed by atoms with Gasteiger partial charge in [0.2, 0.25) is 0 Å². The third-order valence-corrected chi connectivity index (χ3v) is 6.26. The fourth-order valence-electron chi connectivity index (χ4n) is 4.56. The Kier molecular flexibility index (Phi) is 5.67. The maximum absolute atomic E-state index is 13.5. The van der Waals surface area contributed by atoms with E-state index in [1.165, 1.54) is 12.1 Å². The Morgan fingerprint density at radius 1 is 1.21 bits per heavy atom. The van der Waals surface area contributed by atoms with E-state index < -0.39 is 5.72 Å². The number of hydrogen-bond donors (Lipinski definition) is 2. The van der Waals surface area contributed by atoms with E-state index in [1.54, 1.807) is 25.4 Å². The Hall–Kier alpha value is -3.91. The molecule has 1 aromatic heterocycles. The number of aliphatic hydroxyl groups excluding tert-OH is 1. The molecular weight excluding hydrogens is 435 g/mol. The zero-order valence-electron chi connectivity index (χ0n) is 18.7. The SMILES string of the molecule is COc1cc(/C=C2\CCCN3C2=NOC3(CO)c2ccc(F)cc2)ccc1-c1ccnc(N)c1. The van der Waals surface area contributed by atoms with Crippen LogP contribution in [0.1, 0.15) is 24.0 Å². The molecule has 3 aromatic rings. The minimum atomic E-state index is -1.16. The largest absolute Gasteiger partial charge is 0.496 e. The van der Waals surface area contributed by atoms with Crippen molar-refractivity contribution in [2.45, 2.75) is 18.6 Å². The van der Waals surface area contributed by atoms with Crippen molar-refractivity contribution in [3.63, 3.8) is 0 Å². The summed E-state index contributed by atoms with van der Waals surface area (Å²) >= 11 is 0. The molecule has 0 radical (unpaired) electrons. The lowest BCUT2D eigenvalue weighted by Gasteiger charge is -2.38. The number of methoxy groups -OCH3 is 1. The number of nitrogens with two attached hydrogens (primary N) is 1. The second-order valence-corrected chi connectivity index (χ2v) is 8.31. The third-order valence-electron chi connectivity index (χ3n) is 6.26. The fraction of sp³-hybridized carbons (Fsp3) is 0.231. The summed E-state index contributed by atoms with van der Waals surface area (Å²) in [5, 5.41) is 14.6. The van der Waals surface area contributed by atoms with Crippen molar-refractivity contribution >= 4 is 17.7 Å². The summed E-state index contributed by atoms with van der Waals surface area (Å²) in [6.45, 7) is 0.357. The lowest BCUT2D eigenvalue weighted by atomic mass is 9.94. The zero-order chi connectivity index (χ0) is 23.7. The molecule has 1 atom stereocenters. The predicted octanol–water partition coefficient (Wildman–Crippen LogP) is 4.15. The highest BCUT2D eigenvalue weighted by Crippen LogP contribution is 2.40. The van der Waals surface area contributed by atoms with Gasteiger partial charge in [0.1, 0.15) is 24.0 Å². The molecule has 34 heavy (non-hydrogen) atoms. The number of aliphatic hydroxyl groups is 1. The molecule has 3 N–H and O–H groups in total. The number of piperidine rings is 1. The molecule has 2 aliphatic heterocycles. The standard InChI is InChI=1S/C26H25FN4O3/c1-33-23-14-17(4-9-22(23)18-10-11-29-24(28)15-18)13-19-3-2-12-31-25(19)30-34-26(31,16-32)20-5-7-21(27)8-6-20/h4-11,13-15,32H,2-3,12,16H2,1H3,(H2,28,29)/b19-13+. The molecular formula is C26H25FN4O3. The quantitative estimate of drug-likeness (QED) is 0.594. The predicted molar refractivity (Wildman–Crippen MR) is 128 cm³/mol. The van der Waals surface area contributed by atoms with Crippen LogP contribution in [0.3, 0.4) is 0 Å². The van der Waals surface area contributed by atoms with Crippen molar-refractivity contribution in [2.24, 2.45) is 5.16 Å². The summed E-state index contributed by atoms with van der Waals surface area (Å²) in [6, 6.07) is 15.6. The molecule has 0 aliphatic carbocycles. The van der Waals surface area contributed by atoms with Gasteiger partial charge in [-0.3, -0.25) is 0 Å². The molecule has 0 bridgehead atoms. The van der Waals surface area contributed by atoms with Crippen LogP contribution in [0.2, 0.25) is 0 Å². The summed E-state index contributed by atoms with van der Waals surface area (Å²) < 4.78 is 19.1. The molecule has 8 heteroatoms. The van der Waals surface area contributed by atoms with Gasteiger partial charge in [0, 0.05) is 23.9 Å². The maximum atomic E-state index is 13.5. The topological polar surface area (TPSA) is 93.2 Å². The number of nitrogens with zero attached hydrogens (tertiary/aromatic N) is 3. The number of hydrogen-bond acceptors (Lipinski definition) is 7. The van der Waals surface area contributed by atoms with Crippen LogP contribution in [-0.2, 0) is 10.6 Å². The number of fused-ring (bicyclic) bond motifs is 1. The molecule has 0 amide bonds. The molecule has 3 heterocycles. The molecule has 1 unspecified atom stereocenters. The van der Waals surface area contributed by atoms with Crippen LogP contribution in [0.4, 0.5) is 10.2 Å². The molecule has 1 saturated heterocycles. The lowest BCUT2D eigenvalue weighted by molar-refractivity contribution is -0.137. The monoisotopic (exact) mass is 460 g/mol. The summed E-state index contributed by atoms with van der Waals surface area (Å²) in [7, 11) is 1.63. The Morgan fingerprint density at radius 3 is 2.76 bits per heavy atom.